The summed E-state index contributed by atoms with van der Waals surface area (Å²) in [5, 5.41) is 2.67. The monoisotopic (exact) mass is 442 g/mol. The predicted molar refractivity (Wildman–Crippen MR) is 119 cm³/mol. The van der Waals surface area contributed by atoms with Gasteiger partial charge in [-0.05, 0) is 24.3 Å². The largest absolute Gasteiger partial charge is 0.496 e. The molecule has 1 amide bonds. The Labute approximate surface area is 183 Å². The molecule has 0 fully saturated rings. The zero-order valence-electron chi connectivity index (χ0n) is 17.0. The van der Waals surface area contributed by atoms with Crippen LogP contribution in [0.15, 0.2) is 58.8 Å². The SMILES string of the molecule is COc1ccccc1-c1nc(COC(=O)c2ccccc2SCC(=O)N(C)C)cs1. The van der Waals surface area contributed by atoms with Gasteiger partial charge in [0.25, 0.3) is 0 Å². The molecule has 0 saturated carbocycles. The fourth-order valence-electron chi connectivity index (χ4n) is 2.57. The Kier molecular flexibility index (Phi) is 7.48. The average Bonchev–Trinajstić information content (AvgIpc) is 3.24. The van der Waals surface area contributed by atoms with E-state index in [4.69, 9.17) is 9.47 Å². The number of esters is 1. The van der Waals surface area contributed by atoms with Gasteiger partial charge >= 0.3 is 5.97 Å². The summed E-state index contributed by atoms with van der Waals surface area (Å²) in [6.45, 7) is 0.0696. The molecule has 1 heterocycles. The second-order valence-electron chi connectivity index (χ2n) is 6.49. The summed E-state index contributed by atoms with van der Waals surface area (Å²) >= 11 is 2.79. The molecule has 0 aliphatic carbocycles. The summed E-state index contributed by atoms with van der Waals surface area (Å²) in [7, 11) is 5.03. The van der Waals surface area contributed by atoms with Crippen molar-refractivity contribution >= 4 is 35.0 Å². The van der Waals surface area contributed by atoms with Crippen molar-refractivity contribution in [3.8, 4) is 16.3 Å². The lowest BCUT2D eigenvalue weighted by atomic mass is 10.2. The first kappa shape index (κ1) is 21.9. The lowest BCUT2D eigenvalue weighted by molar-refractivity contribution is -0.125. The molecule has 0 aliphatic rings. The van der Waals surface area contributed by atoms with Gasteiger partial charge in [0.05, 0.1) is 29.7 Å². The molecule has 156 valence electrons. The summed E-state index contributed by atoms with van der Waals surface area (Å²) in [5.41, 5.74) is 2.01. The Hall–Kier alpha value is -2.84. The minimum absolute atomic E-state index is 0.0190. The van der Waals surface area contributed by atoms with Crippen LogP contribution in [0.5, 0.6) is 5.75 Å². The highest BCUT2D eigenvalue weighted by molar-refractivity contribution is 8.00. The molecule has 0 N–H and O–H groups in total. The van der Waals surface area contributed by atoms with E-state index in [1.807, 2.05) is 41.8 Å². The molecule has 0 aliphatic heterocycles. The number of hydrogen-bond acceptors (Lipinski definition) is 7. The highest BCUT2D eigenvalue weighted by atomic mass is 32.2. The molecule has 0 unspecified atom stereocenters. The number of para-hydroxylation sites is 1. The van der Waals surface area contributed by atoms with E-state index in [2.05, 4.69) is 4.98 Å². The molecular weight excluding hydrogens is 420 g/mol. The van der Waals surface area contributed by atoms with E-state index in [1.165, 1.54) is 28.0 Å². The van der Waals surface area contributed by atoms with E-state index in [0.29, 0.717) is 16.2 Å². The van der Waals surface area contributed by atoms with E-state index in [1.54, 1.807) is 33.3 Å². The third kappa shape index (κ3) is 5.40. The van der Waals surface area contributed by atoms with Crippen LogP contribution >= 0.6 is 23.1 Å². The zero-order valence-corrected chi connectivity index (χ0v) is 18.6. The van der Waals surface area contributed by atoms with Crippen molar-refractivity contribution < 1.29 is 19.1 Å². The molecule has 6 nitrogen and oxygen atoms in total. The first-order chi connectivity index (χ1) is 14.5. The van der Waals surface area contributed by atoms with E-state index in [0.717, 1.165) is 16.3 Å². The van der Waals surface area contributed by atoms with Crippen molar-refractivity contribution in [3.05, 3.63) is 65.2 Å². The fraction of sp³-hybridized carbons (Fsp3) is 0.227. The van der Waals surface area contributed by atoms with Gasteiger partial charge in [0.1, 0.15) is 17.4 Å². The molecular formula is C22H22N2O4S2. The van der Waals surface area contributed by atoms with Crippen LogP contribution in [0, 0.1) is 0 Å². The number of carbonyl (C=O) groups is 2. The van der Waals surface area contributed by atoms with Gasteiger partial charge < -0.3 is 14.4 Å². The minimum atomic E-state index is -0.442. The Morgan fingerprint density at radius 1 is 1.10 bits per heavy atom. The maximum atomic E-state index is 12.6. The first-order valence-corrected chi connectivity index (χ1v) is 11.0. The van der Waals surface area contributed by atoms with E-state index < -0.39 is 5.97 Å². The smallest absolute Gasteiger partial charge is 0.339 e. The molecule has 3 rings (SSSR count). The number of thioether (sulfide) groups is 1. The van der Waals surface area contributed by atoms with Gasteiger partial charge in [-0.3, -0.25) is 4.79 Å². The van der Waals surface area contributed by atoms with Crippen LogP contribution in [-0.4, -0.2) is 48.7 Å². The Bertz CT molecular complexity index is 1030. The zero-order chi connectivity index (χ0) is 21.5. The van der Waals surface area contributed by atoms with E-state index in [-0.39, 0.29) is 18.3 Å². The van der Waals surface area contributed by atoms with Gasteiger partial charge in [-0.2, -0.15) is 0 Å². The van der Waals surface area contributed by atoms with Crippen LogP contribution in [0.1, 0.15) is 16.1 Å². The number of thiazole rings is 1. The Balaban J connectivity index is 1.66. The van der Waals surface area contributed by atoms with Crippen LogP contribution in [0.25, 0.3) is 10.6 Å². The molecule has 0 radical (unpaired) electrons. The molecule has 0 bridgehead atoms. The summed E-state index contributed by atoms with van der Waals surface area (Å²) in [6, 6.07) is 14.8. The number of methoxy groups -OCH3 is 1. The summed E-state index contributed by atoms with van der Waals surface area (Å²) < 4.78 is 10.9. The lowest BCUT2D eigenvalue weighted by Gasteiger charge is -2.11. The van der Waals surface area contributed by atoms with Gasteiger partial charge in [0, 0.05) is 24.4 Å². The third-order valence-corrected chi connectivity index (χ3v) is 6.18. The number of hydrogen-bond donors (Lipinski definition) is 0. The molecule has 0 saturated heterocycles. The first-order valence-electron chi connectivity index (χ1n) is 9.16. The molecule has 0 spiro atoms. The van der Waals surface area contributed by atoms with Crippen molar-refractivity contribution in [3.63, 3.8) is 0 Å². The Morgan fingerprint density at radius 2 is 1.83 bits per heavy atom. The maximum absolute atomic E-state index is 12.6. The van der Waals surface area contributed by atoms with Gasteiger partial charge in [0.15, 0.2) is 0 Å². The molecule has 1 aromatic heterocycles. The number of amides is 1. The van der Waals surface area contributed by atoms with Gasteiger partial charge in [0.2, 0.25) is 5.91 Å². The molecule has 3 aromatic rings. The second-order valence-corrected chi connectivity index (χ2v) is 8.37. The van der Waals surface area contributed by atoms with Gasteiger partial charge in [-0.1, -0.05) is 24.3 Å². The lowest BCUT2D eigenvalue weighted by Crippen LogP contribution is -2.23. The summed E-state index contributed by atoms with van der Waals surface area (Å²) in [6.07, 6.45) is 0. The quantitative estimate of drug-likeness (QED) is 0.381. The number of aromatic nitrogens is 1. The molecule has 2 aromatic carbocycles. The number of ether oxygens (including phenoxy) is 2. The van der Waals surface area contributed by atoms with E-state index in [9.17, 15) is 9.59 Å². The van der Waals surface area contributed by atoms with Crippen molar-refractivity contribution in [1.82, 2.24) is 9.88 Å². The van der Waals surface area contributed by atoms with Crippen LogP contribution in [0.3, 0.4) is 0 Å². The highest BCUT2D eigenvalue weighted by Gasteiger charge is 2.16. The van der Waals surface area contributed by atoms with E-state index >= 15 is 0 Å². The van der Waals surface area contributed by atoms with Crippen LogP contribution in [-0.2, 0) is 16.1 Å². The van der Waals surface area contributed by atoms with Crippen molar-refractivity contribution in [2.24, 2.45) is 0 Å². The van der Waals surface area contributed by atoms with Gasteiger partial charge in [-0.15, -0.1) is 23.1 Å². The number of benzene rings is 2. The summed E-state index contributed by atoms with van der Waals surface area (Å²) in [4.78, 5) is 31.3. The topological polar surface area (TPSA) is 68.7 Å². The van der Waals surface area contributed by atoms with Crippen molar-refractivity contribution in [2.75, 3.05) is 27.0 Å². The normalized spacial score (nSPS) is 10.5. The maximum Gasteiger partial charge on any atom is 0.339 e. The molecule has 8 heteroatoms. The third-order valence-electron chi connectivity index (χ3n) is 4.20. The summed E-state index contributed by atoms with van der Waals surface area (Å²) in [5.74, 6) is 0.538. The number of rotatable bonds is 8. The second kappa shape index (κ2) is 10.3. The predicted octanol–water partition coefficient (Wildman–Crippen LogP) is 4.36. The van der Waals surface area contributed by atoms with Gasteiger partial charge in [-0.25, -0.2) is 9.78 Å². The molecule has 0 atom stereocenters. The number of carbonyl (C=O) groups excluding carboxylic acids is 2. The average molecular weight is 443 g/mol. The number of nitrogens with zero attached hydrogens (tertiary/aromatic N) is 2. The Morgan fingerprint density at radius 3 is 2.60 bits per heavy atom. The fourth-order valence-corrected chi connectivity index (χ4v) is 4.42. The highest BCUT2D eigenvalue weighted by Crippen LogP contribution is 2.32. The minimum Gasteiger partial charge on any atom is -0.496 e. The standard InChI is InChI=1S/C22H22N2O4S2/c1-24(2)20(25)14-29-19-11-7-5-9-17(19)22(26)28-12-15-13-30-21(23-15)16-8-4-6-10-18(16)27-3/h4-11,13H,12,14H2,1-3H3. The van der Waals surface area contributed by atoms with Crippen molar-refractivity contribution in [1.29, 1.82) is 0 Å². The van der Waals surface area contributed by atoms with Crippen molar-refractivity contribution in [2.45, 2.75) is 11.5 Å². The van der Waals surface area contributed by atoms with Crippen LogP contribution in [0.2, 0.25) is 0 Å². The molecule has 30 heavy (non-hydrogen) atoms. The van der Waals surface area contributed by atoms with Crippen LogP contribution < -0.4 is 4.74 Å². The van der Waals surface area contributed by atoms with Crippen LogP contribution in [0.4, 0.5) is 0 Å².